The lowest BCUT2D eigenvalue weighted by atomic mass is 10.0. The van der Waals surface area contributed by atoms with Crippen molar-refractivity contribution in [2.75, 3.05) is 13.1 Å². The van der Waals surface area contributed by atoms with Gasteiger partial charge in [0.15, 0.2) is 0 Å². The van der Waals surface area contributed by atoms with E-state index in [1.54, 1.807) is 6.08 Å². The molecule has 1 atom stereocenters. The standard InChI is InChI=1S/C17H23N3O4/c1-2-10-18-15(21)12-19-17(24)20-14(8-9-16(22)23)11-13-6-4-3-5-7-13/h2-7,14H,1,8-12H2,(H,18,21)(H,22,23)(H2,19,20,24). The average Bonchev–Trinajstić information content (AvgIpc) is 2.57. The van der Waals surface area contributed by atoms with E-state index < -0.39 is 12.0 Å². The fraction of sp³-hybridized carbons (Fsp3) is 0.353. The topological polar surface area (TPSA) is 108 Å². The van der Waals surface area contributed by atoms with E-state index in [2.05, 4.69) is 22.5 Å². The summed E-state index contributed by atoms with van der Waals surface area (Å²) in [7, 11) is 0. The summed E-state index contributed by atoms with van der Waals surface area (Å²) in [6.07, 6.45) is 2.32. The van der Waals surface area contributed by atoms with Gasteiger partial charge in [-0.3, -0.25) is 9.59 Å². The number of hydrogen-bond acceptors (Lipinski definition) is 3. The molecule has 0 aliphatic carbocycles. The van der Waals surface area contributed by atoms with Crippen LogP contribution in [0.15, 0.2) is 43.0 Å². The molecule has 3 amide bonds. The Hall–Kier alpha value is -2.83. The van der Waals surface area contributed by atoms with E-state index in [0.29, 0.717) is 19.4 Å². The molecule has 0 radical (unpaired) electrons. The molecule has 0 saturated heterocycles. The third kappa shape index (κ3) is 8.57. The number of amides is 3. The van der Waals surface area contributed by atoms with Gasteiger partial charge in [-0.05, 0) is 18.4 Å². The molecule has 0 aliphatic rings. The molecule has 0 spiro atoms. The number of urea groups is 1. The third-order valence-corrected chi connectivity index (χ3v) is 3.22. The third-order valence-electron chi connectivity index (χ3n) is 3.22. The van der Waals surface area contributed by atoms with E-state index in [0.717, 1.165) is 5.56 Å². The number of carboxylic acids is 1. The molecule has 0 aromatic heterocycles. The zero-order valence-electron chi connectivity index (χ0n) is 13.5. The normalized spacial score (nSPS) is 11.2. The van der Waals surface area contributed by atoms with Crippen LogP contribution in [0.5, 0.6) is 0 Å². The molecule has 0 bridgehead atoms. The predicted molar refractivity (Wildman–Crippen MR) is 90.5 cm³/mol. The first kappa shape index (κ1) is 19.2. The summed E-state index contributed by atoms with van der Waals surface area (Å²) in [5, 5.41) is 16.5. The number of rotatable bonds is 10. The Bertz CT molecular complexity index is 560. The van der Waals surface area contributed by atoms with Crippen LogP contribution >= 0.6 is 0 Å². The molecule has 24 heavy (non-hydrogen) atoms. The predicted octanol–water partition coefficient (Wildman–Crippen LogP) is 1.06. The molecule has 7 nitrogen and oxygen atoms in total. The van der Waals surface area contributed by atoms with Crippen molar-refractivity contribution in [3.63, 3.8) is 0 Å². The quantitative estimate of drug-likeness (QED) is 0.480. The van der Waals surface area contributed by atoms with Crippen molar-refractivity contribution in [3.05, 3.63) is 48.6 Å². The van der Waals surface area contributed by atoms with E-state index >= 15 is 0 Å². The molecule has 7 heteroatoms. The Labute approximate surface area is 141 Å². The van der Waals surface area contributed by atoms with Gasteiger partial charge in [-0.15, -0.1) is 6.58 Å². The Morgan fingerprint density at radius 2 is 1.88 bits per heavy atom. The maximum atomic E-state index is 11.9. The zero-order valence-corrected chi connectivity index (χ0v) is 13.5. The summed E-state index contributed by atoms with van der Waals surface area (Å²) in [6.45, 7) is 3.65. The SMILES string of the molecule is C=CCNC(=O)CNC(=O)NC(CCC(=O)O)Cc1ccccc1. The van der Waals surface area contributed by atoms with Crippen molar-refractivity contribution < 1.29 is 19.5 Å². The molecule has 1 aromatic rings. The van der Waals surface area contributed by atoms with Crippen molar-refractivity contribution in [3.8, 4) is 0 Å². The van der Waals surface area contributed by atoms with Gasteiger partial charge in [0.25, 0.3) is 0 Å². The second kappa shape index (κ2) is 10.8. The molecule has 1 rings (SSSR count). The van der Waals surface area contributed by atoms with Crippen LogP contribution < -0.4 is 16.0 Å². The summed E-state index contributed by atoms with van der Waals surface area (Å²) < 4.78 is 0. The fourth-order valence-corrected chi connectivity index (χ4v) is 2.07. The van der Waals surface area contributed by atoms with Gasteiger partial charge in [0, 0.05) is 19.0 Å². The number of carbonyl (C=O) groups is 3. The second-order valence-corrected chi connectivity index (χ2v) is 5.24. The summed E-state index contributed by atoms with van der Waals surface area (Å²) in [5.74, 6) is -1.24. The first-order valence-corrected chi connectivity index (χ1v) is 7.69. The average molecular weight is 333 g/mol. The van der Waals surface area contributed by atoms with Crippen LogP contribution in [0.25, 0.3) is 0 Å². The van der Waals surface area contributed by atoms with Gasteiger partial charge < -0.3 is 21.1 Å². The molecular formula is C17H23N3O4. The molecule has 0 saturated carbocycles. The highest BCUT2D eigenvalue weighted by Gasteiger charge is 2.15. The lowest BCUT2D eigenvalue weighted by molar-refractivity contribution is -0.137. The Balaban J connectivity index is 2.50. The van der Waals surface area contributed by atoms with E-state index in [1.165, 1.54) is 0 Å². The lowest BCUT2D eigenvalue weighted by Gasteiger charge is -2.18. The molecule has 0 heterocycles. The molecular weight excluding hydrogens is 310 g/mol. The van der Waals surface area contributed by atoms with Crippen molar-refractivity contribution >= 4 is 17.9 Å². The molecule has 0 aliphatic heterocycles. The van der Waals surface area contributed by atoms with Gasteiger partial charge in [-0.1, -0.05) is 36.4 Å². The van der Waals surface area contributed by atoms with Crippen LogP contribution in [0.1, 0.15) is 18.4 Å². The molecule has 1 unspecified atom stereocenters. The van der Waals surface area contributed by atoms with Crippen molar-refractivity contribution in [1.82, 2.24) is 16.0 Å². The van der Waals surface area contributed by atoms with Gasteiger partial charge in [0.05, 0.1) is 6.54 Å². The molecule has 1 aromatic carbocycles. The number of carboxylic acid groups (broad SMARTS) is 1. The first-order valence-electron chi connectivity index (χ1n) is 7.69. The summed E-state index contributed by atoms with van der Waals surface area (Å²) in [4.78, 5) is 34.1. The minimum atomic E-state index is -0.918. The monoisotopic (exact) mass is 333 g/mol. The number of benzene rings is 1. The van der Waals surface area contributed by atoms with Crippen LogP contribution in [-0.4, -0.2) is 42.1 Å². The Morgan fingerprint density at radius 1 is 1.17 bits per heavy atom. The summed E-state index contributed by atoms with van der Waals surface area (Å²) in [5.41, 5.74) is 0.997. The summed E-state index contributed by atoms with van der Waals surface area (Å²) >= 11 is 0. The second-order valence-electron chi connectivity index (χ2n) is 5.24. The molecule has 4 N–H and O–H groups in total. The molecule has 130 valence electrons. The maximum Gasteiger partial charge on any atom is 0.315 e. The highest BCUT2D eigenvalue weighted by molar-refractivity contribution is 5.84. The number of aliphatic carboxylic acids is 1. The van der Waals surface area contributed by atoms with Crippen molar-refractivity contribution in [2.45, 2.75) is 25.3 Å². The first-order chi connectivity index (χ1) is 11.5. The zero-order chi connectivity index (χ0) is 17.8. The van der Waals surface area contributed by atoms with Gasteiger partial charge >= 0.3 is 12.0 Å². The van der Waals surface area contributed by atoms with Crippen LogP contribution in [-0.2, 0) is 16.0 Å². The van der Waals surface area contributed by atoms with E-state index in [1.807, 2.05) is 30.3 Å². The fourth-order valence-electron chi connectivity index (χ4n) is 2.07. The number of hydrogen-bond donors (Lipinski definition) is 4. The van der Waals surface area contributed by atoms with Gasteiger partial charge in [0.2, 0.25) is 5.91 Å². The minimum absolute atomic E-state index is 0.0440. The number of nitrogens with one attached hydrogen (secondary N) is 3. The van der Waals surface area contributed by atoms with E-state index in [9.17, 15) is 14.4 Å². The Kier molecular flexibility index (Phi) is 8.67. The molecule has 0 fully saturated rings. The highest BCUT2D eigenvalue weighted by Crippen LogP contribution is 2.07. The lowest BCUT2D eigenvalue weighted by Crippen LogP contribution is -2.46. The summed E-state index contributed by atoms with van der Waals surface area (Å²) in [6, 6.07) is 8.64. The van der Waals surface area contributed by atoms with Crippen LogP contribution in [0.4, 0.5) is 4.79 Å². The van der Waals surface area contributed by atoms with Crippen molar-refractivity contribution in [2.24, 2.45) is 0 Å². The maximum absolute atomic E-state index is 11.9. The Morgan fingerprint density at radius 3 is 2.50 bits per heavy atom. The van der Waals surface area contributed by atoms with Gasteiger partial charge in [0.1, 0.15) is 0 Å². The number of carbonyl (C=O) groups excluding carboxylic acids is 2. The minimum Gasteiger partial charge on any atom is -0.481 e. The van der Waals surface area contributed by atoms with Gasteiger partial charge in [-0.2, -0.15) is 0 Å². The van der Waals surface area contributed by atoms with Crippen LogP contribution in [0, 0.1) is 0 Å². The van der Waals surface area contributed by atoms with E-state index in [4.69, 9.17) is 5.11 Å². The largest absolute Gasteiger partial charge is 0.481 e. The smallest absolute Gasteiger partial charge is 0.315 e. The van der Waals surface area contributed by atoms with E-state index in [-0.39, 0.29) is 24.9 Å². The van der Waals surface area contributed by atoms with Crippen LogP contribution in [0.3, 0.4) is 0 Å². The highest BCUT2D eigenvalue weighted by atomic mass is 16.4. The van der Waals surface area contributed by atoms with Crippen LogP contribution in [0.2, 0.25) is 0 Å². The van der Waals surface area contributed by atoms with Gasteiger partial charge in [-0.25, -0.2) is 4.79 Å². The van der Waals surface area contributed by atoms with Crippen molar-refractivity contribution in [1.29, 1.82) is 0 Å².